The summed E-state index contributed by atoms with van der Waals surface area (Å²) in [5.41, 5.74) is 6.47. The number of nitrogens with zero attached hydrogens (tertiary/aromatic N) is 3. The van der Waals surface area contributed by atoms with E-state index in [0.717, 1.165) is 0 Å². The van der Waals surface area contributed by atoms with Crippen LogP contribution >= 0.6 is 12.2 Å². The fourth-order valence-electron chi connectivity index (χ4n) is 2.96. The third-order valence-corrected chi connectivity index (χ3v) is 4.37. The smallest absolute Gasteiger partial charge is 0.410 e. The van der Waals surface area contributed by atoms with Crippen molar-refractivity contribution in [3.63, 3.8) is 0 Å². The molecule has 1 saturated heterocycles. The number of nitriles is 2. The second kappa shape index (κ2) is 7.12. The number of nitrogens with two attached hydrogens (primary N) is 1. The summed E-state index contributed by atoms with van der Waals surface area (Å²) in [6, 6.07) is 4.15. The van der Waals surface area contributed by atoms with E-state index >= 15 is 0 Å². The van der Waals surface area contributed by atoms with Gasteiger partial charge < -0.3 is 20.4 Å². The summed E-state index contributed by atoms with van der Waals surface area (Å²) < 4.78 is 5.63. The van der Waals surface area contributed by atoms with Crippen molar-refractivity contribution in [2.24, 2.45) is 0 Å². The first-order chi connectivity index (χ1) is 11.7. The molecular weight excluding hydrogens is 338 g/mol. The van der Waals surface area contributed by atoms with E-state index in [2.05, 4.69) is 17.1 Å². The summed E-state index contributed by atoms with van der Waals surface area (Å²) in [6.07, 6.45) is 0.874. The van der Waals surface area contributed by atoms with Crippen molar-refractivity contribution < 1.29 is 9.53 Å². The number of piperidine rings is 1. The topological polar surface area (TPSA) is 119 Å². The second-order valence-electron chi connectivity index (χ2n) is 7.00. The number of anilines is 1. The van der Waals surface area contributed by atoms with Gasteiger partial charge in [-0.05, 0) is 45.1 Å². The Balaban J connectivity index is 2.25. The number of aromatic amines is 1. The average molecular weight is 359 g/mol. The number of H-pyrrole nitrogens is 1. The van der Waals surface area contributed by atoms with Gasteiger partial charge in [-0.25, -0.2) is 4.79 Å². The van der Waals surface area contributed by atoms with Gasteiger partial charge in [-0.15, -0.1) is 0 Å². The summed E-state index contributed by atoms with van der Waals surface area (Å²) in [4.78, 5) is 16.5. The number of nitrogens with one attached hydrogen (secondary N) is 1. The van der Waals surface area contributed by atoms with Crippen molar-refractivity contribution in [2.75, 3.05) is 18.8 Å². The first-order valence-corrected chi connectivity index (χ1v) is 8.42. The van der Waals surface area contributed by atoms with Gasteiger partial charge in [0.25, 0.3) is 0 Å². The number of carbonyl (C=O) groups is 1. The van der Waals surface area contributed by atoms with E-state index in [9.17, 15) is 15.3 Å². The minimum atomic E-state index is -0.545. The maximum atomic E-state index is 12.2. The number of pyridine rings is 1. The molecule has 0 aromatic carbocycles. The van der Waals surface area contributed by atoms with Crippen LogP contribution in [0.3, 0.4) is 0 Å². The molecule has 1 fully saturated rings. The van der Waals surface area contributed by atoms with E-state index in [4.69, 9.17) is 22.7 Å². The van der Waals surface area contributed by atoms with Gasteiger partial charge in [-0.1, -0.05) is 12.2 Å². The van der Waals surface area contributed by atoms with E-state index < -0.39 is 5.60 Å². The number of aromatic nitrogens is 1. The SMILES string of the molecule is CC(C)(C)OC(=O)N1CCC(c2c(C#N)c(N)[nH]c(=S)c2C#N)CC1. The Morgan fingerprint density at radius 1 is 1.28 bits per heavy atom. The minimum Gasteiger partial charge on any atom is -0.444 e. The second-order valence-corrected chi connectivity index (χ2v) is 7.40. The van der Waals surface area contributed by atoms with Crippen molar-refractivity contribution >= 4 is 24.1 Å². The van der Waals surface area contributed by atoms with Crippen molar-refractivity contribution in [1.82, 2.24) is 9.88 Å². The lowest BCUT2D eigenvalue weighted by atomic mass is 9.84. The summed E-state index contributed by atoms with van der Waals surface area (Å²) in [6.45, 7) is 6.44. The standard InChI is InChI=1S/C17H21N5O2S/c1-17(2,3)24-16(23)22-6-4-10(5-7-22)13-11(8-18)14(20)21-15(25)12(13)9-19/h10H,4-7H2,1-3H3,(H3,20,21,25). The Labute approximate surface area is 152 Å². The summed E-state index contributed by atoms with van der Waals surface area (Å²) in [7, 11) is 0. The van der Waals surface area contributed by atoms with Crippen LogP contribution in [0, 0.1) is 27.3 Å². The van der Waals surface area contributed by atoms with Gasteiger partial charge >= 0.3 is 6.09 Å². The first-order valence-electron chi connectivity index (χ1n) is 8.01. The lowest BCUT2D eigenvalue weighted by molar-refractivity contribution is 0.0205. The first kappa shape index (κ1) is 18.8. The van der Waals surface area contributed by atoms with Gasteiger partial charge in [0.2, 0.25) is 0 Å². The molecule has 0 radical (unpaired) electrons. The molecule has 132 valence electrons. The lowest BCUT2D eigenvalue weighted by Gasteiger charge is -2.34. The van der Waals surface area contributed by atoms with Gasteiger partial charge in [0.15, 0.2) is 0 Å². The molecule has 1 amide bonds. The molecule has 2 rings (SSSR count). The van der Waals surface area contributed by atoms with Crippen LogP contribution in [0.2, 0.25) is 0 Å². The number of likely N-dealkylation sites (tertiary alicyclic amines) is 1. The molecule has 1 aliphatic rings. The van der Waals surface area contributed by atoms with E-state index in [1.54, 1.807) is 4.90 Å². The van der Waals surface area contributed by atoms with E-state index in [1.165, 1.54) is 0 Å². The van der Waals surface area contributed by atoms with Crippen LogP contribution in [0.4, 0.5) is 10.6 Å². The van der Waals surface area contributed by atoms with Crippen LogP contribution in [0.15, 0.2) is 0 Å². The zero-order valence-corrected chi connectivity index (χ0v) is 15.4. The maximum absolute atomic E-state index is 12.2. The lowest BCUT2D eigenvalue weighted by Crippen LogP contribution is -2.41. The molecule has 1 aromatic heterocycles. The van der Waals surface area contributed by atoms with E-state index in [-0.39, 0.29) is 33.6 Å². The van der Waals surface area contributed by atoms with Gasteiger partial charge in [0, 0.05) is 13.1 Å². The Bertz CT molecular complexity index is 818. The Kier molecular flexibility index (Phi) is 5.34. The highest BCUT2D eigenvalue weighted by molar-refractivity contribution is 7.71. The number of carbonyl (C=O) groups excluding carboxylic acids is 1. The number of hydrogen-bond donors (Lipinski definition) is 2. The maximum Gasteiger partial charge on any atom is 0.410 e. The molecule has 7 nitrogen and oxygen atoms in total. The molecule has 0 aliphatic carbocycles. The molecule has 0 spiro atoms. The molecule has 0 unspecified atom stereocenters. The summed E-state index contributed by atoms with van der Waals surface area (Å²) in [5.74, 6) is 0.123. The van der Waals surface area contributed by atoms with Gasteiger partial charge in [0.05, 0.1) is 11.1 Å². The number of amides is 1. The van der Waals surface area contributed by atoms with Crippen LogP contribution in [0.1, 0.15) is 56.2 Å². The normalized spacial score (nSPS) is 15.3. The fraction of sp³-hybridized carbons (Fsp3) is 0.529. The number of rotatable bonds is 1. The van der Waals surface area contributed by atoms with Gasteiger partial charge in [-0.3, -0.25) is 0 Å². The van der Waals surface area contributed by atoms with Crippen LogP contribution in [-0.4, -0.2) is 34.7 Å². The Morgan fingerprint density at radius 3 is 2.32 bits per heavy atom. The van der Waals surface area contributed by atoms with E-state index in [0.29, 0.717) is 31.5 Å². The number of ether oxygens (including phenoxy) is 1. The van der Waals surface area contributed by atoms with Crippen LogP contribution < -0.4 is 5.73 Å². The van der Waals surface area contributed by atoms with Crippen LogP contribution in [0.5, 0.6) is 0 Å². The molecule has 0 bridgehead atoms. The molecule has 1 aromatic rings. The third kappa shape index (κ3) is 4.09. The molecule has 25 heavy (non-hydrogen) atoms. The zero-order chi connectivity index (χ0) is 18.8. The molecule has 0 atom stereocenters. The third-order valence-electron chi connectivity index (χ3n) is 4.06. The molecule has 1 aliphatic heterocycles. The number of nitrogen functional groups attached to an aromatic ring is 1. The highest BCUT2D eigenvalue weighted by Gasteiger charge is 2.30. The largest absolute Gasteiger partial charge is 0.444 e. The molecule has 3 N–H and O–H groups in total. The number of hydrogen-bond acceptors (Lipinski definition) is 6. The van der Waals surface area contributed by atoms with Gasteiger partial charge in [-0.2, -0.15) is 10.5 Å². The quantitative estimate of drug-likeness (QED) is 0.743. The van der Waals surface area contributed by atoms with E-state index in [1.807, 2.05) is 20.8 Å². The highest BCUT2D eigenvalue weighted by atomic mass is 32.1. The predicted octanol–water partition coefficient (Wildman–Crippen LogP) is 3.18. The molecular formula is C17H21N5O2S. The molecule has 8 heteroatoms. The van der Waals surface area contributed by atoms with Crippen molar-refractivity contribution in [3.8, 4) is 12.1 Å². The zero-order valence-electron chi connectivity index (χ0n) is 14.5. The van der Waals surface area contributed by atoms with Crippen LogP contribution in [0.25, 0.3) is 0 Å². The Hall–Kier alpha value is -2.58. The molecule has 2 heterocycles. The fourth-order valence-corrected chi connectivity index (χ4v) is 3.22. The van der Waals surface area contributed by atoms with Crippen molar-refractivity contribution in [3.05, 3.63) is 21.3 Å². The van der Waals surface area contributed by atoms with Crippen LogP contribution in [-0.2, 0) is 4.74 Å². The molecule has 0 saturated carbocycles. The Morgan fingerprint density at radius 2 is 1.84 bits per heavy atom. The minimum absolute atomic E-state index is 0.0541. The predicted molar refractivity (Wildman–Crippen MR) is 95.3 cm³/mol. The summed E-state index contributed by atoms with van der Waals surface area (Å²) in [5, 5.41) is 18.9. The highest BCUT2D eigenvalue weighted by Crippen LogP contribution is 2.34. The monoisotopic (exact) mass is 359 g/mol. The van der Waals surface area contributed by atoms with Crippen molar-refractivity contribution in [1.29, 1.82) is 10.5 Å². The average Bonchev–Trinajstić information content (AvgIpc) is 2.53. The summed E-state index contributed by atoms with van der Waals surface area (Å²) >= 11 is 5.18. The van der Waals surface area contributed by atoms with Crippen molar-refractivity contribution in [2.45, 2.75) is 45.1 Å². The van der Waals surface area contributed by atoms with Gasteiger partial charge in [0.1, 0.15) is 28.2 Å².